The SMILES string of the molecule is CCOC(=O)CCCSc1nc2cc(N3C(=S)C4CCCCC4C3=S)c(Cl)cc2s1. The molecule has 2 fully saturated rings. The highest BCUT2D eigenvalue weighted by Gasteiger charge is 2.44. The van der Waals surface area contributed by atoms with Crippen LogP contribution in [0.5, 0.6) is 0 Å². The number of rotatable bonds is 7. The fourth-order valence-electron chi connectivity index (χ4n) is 4.16. The van der Waals surface area contributed by atoms with Crippen molar-refractivity contribution in [1.29, 1.82) is 0 Å². The van der Waals surface area contributed by atoms with E-state index in [-0.39, 0.29) is 5.97 Å². The van der Waals surface area contributed by atoms with Crippen LogP contribution < -0.4 is 4.90 Å². The maximum absolute atomic E-state index is 11.5. The van der Waals surface area contributed by atoms with Crippen molar-refractivity contribution in [1.82, 2.24) is 4.98 Å². The Balaban J connectivity index is 1.49. The summed E-state index contributed by atoms with van der Waals surface area (Å²) in [5.41, 5.74) is 1.77. The van der Waals surface area contributed by atoms with Gasteiger partial charge in [0.15, 0.2) is 4.34 Å². The van der Waals surface area contributed by atoms with Gasteiger partial charge in [0.25, 0.3) is 0 Å². The molecule has 0 N–H and O–H groups in total. The number of anilines is 1. The van der Waals surface area contributed by atoms with Gasteiger partial charge >= 0.3 is 5.97 Å². The van der Waals surface area contributed by atoms with Crippen LogP contribution in [-0.4, -0.2) is 33.3 Å². The molecule has 0 bridgehead atoms. The van der Waals surface area contributed by atoms with Gasteiger partial charge < -0.3 is 4.74 Å². The Morgan fingerprint density at radius 1 is 1.30 bits per heavy atom. The highest BCUT2D eigenvalue weighted by molar-refractivity contribution is 8.01. The first-order valence-electron chi connectivity index (χ1n) is 10.3. The summed E-state index contributed by atoms with van der Waals surface area (Å²) in [6.07, 6.45) is 5.87. The second-order valence-corrected chi connectivity index (χ2v) is 11.1. The number of thioether (sulfide) groups is 1. The van der Waals surface area contributed by atoms with Crippen LogP contribution in [-0.2, 0) is 9.53 Å². The van der Waals surface area contributed by atoms with E-state index in [1.54, 1.807) is 23.1 Å². The zero-order chi connectivity index (χ0) is 21.3. The molecule has 1 saturated heterocycles. The number of halogens is 1. The quantitative estimate of drug-likeness (QED) is 0.183. The summed E-state index contributed by atoms with van der Waals surface area (Å²) in [7, 11) is 0. The number of thiocarbonyl (C=S) groups is 2. The van der Waals surface area contributed by atoms with Gasteiger partial charge in [-0.05, 0) is 38.3 Å². The average Bonchev–Trinajstić information content (AvgIpc) is 3.23. The van der Waals surface area contributed by atoms with Gasteiger partial charge in [-0.15, -0.1) is 11.3 Å². The van der Waals surface area contributed by atoms with Crippen molar-refractivity contribution in [3.8, 4) is 0 Å². The molecule has 1 saturated carbocycles. The van der Waals surface area contributed by atoms with Crippen LogP contribution in [0.25, 0.3) is 10.2 Å². The summed E-state index contributed by atoms with van der Waals surface area (Å²) in [5, 5.41) is 0.661. The fraction of sp³-hybridized carbons (Fsp3) is 0.524. The van der Waals surface area contributed by atoms with E-state index >= 15 is 0 Å². The largest absolute Gasteiger partial charge is 0.466 e. The van der Waals surface area contributed by atoms with Gasteiger partial charge in [-0.25, -0.2) is 4.98 Å². The standard InChI is InChI=1S/C21H23ClN2O2S4/c1-2-26-18(25)8-5-9-29-21-23-15-11-16(14(22)10-17(15)30-21)24-19(27)12-6-3-4-7-13(12)20(24)28/h10-13H,2-9H2,1H3. The topological polar surface area (TPSA) is 42.4 Å². The van der Waals surface area contributed by atoms with Crippen molar-refractivity contribution in [3.05, 3.63) is 17.2 Å². The van der Waals surface area contributed by atoms with Crippen LogP contribution in [0, 0.1) is 11.8 Å². The molecule has 9 heteroatoms. The minimum atomic E-state index is -0.142. The van der Waals surface area contributed by atoms with Crippen molar-refractivity contribution in [2.24, 2.45) is 11.8 Å². The zero-order valence-corrected chi connectivity index (χ0v) is 20.7. The van der Waals surface area contributed by atoms with Crippen molar-refractivity contribution in [2.45, 2.75) is 49.8 Å². The molecule has 160 valence electrons. The number of aromatic nitrogens is 1. The molecule has 4 nitrogen and oxygen atoms in total. The maximum Gasteiger partial charge on any atom is 0.305 e. The molecule has 1 aliphatic carbocycles. The van der Waals surface area contributed by atoms with Gasteiger partial charge in [0.2, 0.25) is 0 Å². The van der Waals surface area contributed by atoms with Gasteiger partial charge in [-0.2, -0.15) is 0 Å². The zero-order valence-electron chi connectivity index (χ0n) is 16.7. The third kappa shape index (κ3) is 4.53. The molecule has 0 radical (unpaired) electrons. The van der Waals surface area contributed by atoms with E-state index in [0.717, 1.165) is 55.2 Å². The van der Waals surface area contributed by atoms with Gasteiger partial charge in [-0.1, -0.05) is 60.6 Å². The van der Waals surface area contributed by atoms with Crippen LogP contribution >= 0.6 is 59.1 Å². The van der Waals surface area contributed by atoms with E-state index in [9.17, 15) is 4.79 Å². The number of thiazole rings is 1. The van der Waals surface area contributed by atoms with E-state index in [2.05, 4.69) is 0 Å². The monoisotopic (exact) mass is 498 g/mol. The molecular weight excluding hydrogens is 476 g/mol. The summed E-state index contributed by atoms with van der Waals surface area (Å²) in [5.74, 6) is 1.42. The lowest BCUT2D eigenvalue weighted by atomic mass is 9.82. The molecule has 0 amide bonds. The number of hydrogen-bond acceptors (Lipinski definition) is 7. The van der Waals surface area contributed by atoms with Crippen LogP contribution in [0.4, 0.5) is 5.69 Å². The Bertz CT molecular complexity index is 969. The summed E-state index contributed by atoms with van der Waals surface area (Å²) in [6, 6.07) is 3.99. The molecule has 2 atom stereocenters. The van der Waals surface area contributed by atoms with E-state index in [1.165, 1.54) is 12.8 Å². The lowest BCUT2D eigenvalue weighted by Gasteiger charge is -2.22. The van der Waals surface area contributed by atoms with Gasteiger partial charge in [0, 0.05) is 24.0 Å². The van der Waals surface area contributed by atoms with Crippen LogP contribution in [0.3, 0.4) is 0 Å². The maximum atomic E-state index is 11.5. The van der Waals surface area contributed by atoms with Crippen molar-refractivity contribution in [2.75, 3.05) is 17.3 Å². The molecule has 1 aliphatic heterocycles. The highest BCUT2D eigenvalue weighted by Crippen LogP contribution is 2.45. The van der Waals surface area contributed by atoms with Gasteiger partial charge in [0.05, 0.1) is 37.5 Å². The molecule has 2 aliphatic rings. The predicted octanol–water partition coefficient (Wildman–Crippen LogP) is 6.67. The first-order valence-corrected chi connectivity index (χ1v) is 13.3. The molecule has 30 heavy (non-hydrogen) atoms. The number of hydrogen-bond donors (Lipinski definition) is 0. The van der Waals surface area contributed by atoms with Crippen molar-refractivity contribution in [3.63, 3.8) is 0 Å². The highest BCUT2D eigenvalue weighted by atomic mass is 35.5. The van der Waals surface area contributed by atoms with Crippen molar-refractivity contribution >= 4 is 91.0 Å². The van der Waals surface area contributed by atoms with Crippen molar-refractivity contribution < 1.29 is 9.53 Å². The van der Waals surface area contributed by atoms with E-state index in [0.29, 0.717) is 29.9 Å². The Kier molecular flexibility index (Phi) is 7.30. The number of ether oxygens (including phenoxy) is 1. The van der Waals surface area contributed by atoms with E-state index in [4.69, 9.17) is 45.8 Å². The van der Waals surface area contributed by atoms with Crippen LogP contribution in [0.2, 0.25) is 5.02 Å². The van der Waals surface area contributed by atoms with Crippen LogP contribution in [0.15, 0.2) is 16.5 Å². The summed E-state index contributed by atoms with van der Waals surface area (Å²) in [6.45, 7) is 2.25. The van der Waals surface area contributed by atoms with Gasteiger partial charge in [-0.3, -0.25) is 9.69 Å². The molecule has 2 heterocycles. The van der Waals surface area contributed by atoms with E-state index < -0.39 is 0 Å². The minimum Gasteiger partial charge on any atom is -0.466 e. The molecule has 0 spiro atoms. The second-order valence-electron chi connectivity index (χ2n) is 7.52. The van der Waals surface area contributed by atoms with E-state index in [1.807, 2.05) is 24.0 Å². The number of esters is 1. The number of carbonyl (C=O) groups is 1. The Morgan fingerprint density at radius 2 is 2.00 bits per heavy atom. The smallest absolute Gasteiger partial charge is 0.305 e. The normalized spacial score (nSPS) is 21.3. The Hall–Kier alpha value is -0.800. The summed E-state index contributed by atoms with van der Waals surface area (Å²) in [4.78, 5) is 20.1. The number of nitrogens with zero attached hydrogens (tertiary/aromatic N) is 2. The molecule has 2 unspecified atom stereocenters. The number of benzene rings is 1. The third-order valence-corrected chi connectivity index (χ3v) is 9.10. The minimum absolute atomic E-state index is 0.142. The number of carbonyl (C=O) groups excluding carboxylic acids is 1. The summed E-state index contributed by atoms with van der Waals surface area (Å²) >= 11 is 21.6. The Labute approximate surface area is 200 Å². The lowest BCUT2D eigenvalue weighted by molar-refractivity contribution is -0.143. The predicted molar refractivity (Wildman–Crippen MR) is 134 cm³/mol. The fourth-order valence-corrected chi connectivity index (χ4v) is 7.59. The average molecular weight is 499 g/mol. The molecular formula is C21H23ClN2O2S4. The van der Waals surface area contributed by atoms with Crippen LogP contribution in [0.1, 0.15) is 45.4 Å². The molecule has 2 aromatic rings. The van der Waals surface area contributed by atoms with Gasteiger partial charge in [0.1, 0.15) is 0 Å². The molecule has 1 aromatic heterocycles. The molecule has 1 aromatic carbocycles. The third-order valence-electron chi connectivity index (χ3n) is 5.58. The summed E-state index contributed by atoms with van der Waals surface area (Å²) < 4.78 is 6.99. The second kappa shape index (κ2) is 9.77. The Morgan fingerprint density at radius 3 is 2.67 bits per heavy atom. The number of fused-ring (bicyclic) bond motifs is 2. The molecule has 4 rings (SSSR count). The lowest BCUT2D eigenvalue weighted by Crippen LogP contribution is -2.28. The first-order chi connectivity index (χ1) is 14.5. The first kappa shape index (κ1) is 22.4.